The van der Waals surface area contributed by atoms with Crippen LogP contribution in [-0.4, -0.2) is 20.1 Å². The maximum atomic E-state index is 10.7. The van der Waals surface area contributed by atoms with E-state index in [2.05, 4.69) is 0 Å². The van der Waals surface area contributed by atoms with E-state index in [1.54, 1.807) is 6.07 Å². The molecule has 0 aliphatic rings. The van der Waals surface area contributed by atoms with Crippen LogP contribution in [-0.2, 0) is 21.5 Å². The second kappa shape index (κ2) is 4.08. The molecule has 0 radical (unpaired) electrons. The molecule has 1 rings (SSSR count). The molecule has 1 aromatic rings. The average Bonchev–Trinajstić information content (AvgIpc) is 2.07. The van der Waals surface area contributed by atoms with Crippen LogP contribution in [0.25, 0.3) is 0 Å². The van der Waals surface area contributed by atoms with E-state index in [4.69, 9.17) is 4.74 Å². The molecule has 4 nitrogen and oxygen atoms in total. The van der Waals surface area contributed by atoms with Crippen LogP contribution in [0.2, 0.25) is 0 Å². The molecule has 0 saturated carbocycles. The summed E-state index contributed by atoms with van der Waals surface area (Å²) in [5, 5.41) is 0. The smallest absolute Gasteiger partial charge is 0.124 e. The maximum Gasteiger partial charge on any atom is 0.124 e. The van der Waals surface area contributed by atoms with Crippen LogP contribution < -0.4 is 0 Å². The molecule has 0 N–H and O–H groups in total. The highest BCUT2D eigenvalue weighted by molar-refractivity contribution is 7.85. The molecule has 0 aromatic heterocycles. The molecule has 1 aromatic carbocycles. The third-order valence-electron chi connectivity index (χ3n) is 1.91. The van der Waals surface area contributed by atoms with E-state index in [1.807, 2.05) is 6.92 Å². The molecule has 78 valence electrons. The predicted molar refractivity (Wildman–Crippen MR) is 49.9 cm³/mol. The van der Waals surface area contributed by atoms with Gasteiger partial charge in [0.25, 0.3) is 0 Å². The summed E-state index contributed by atoms with van der Waals surface area (Å²) < 4.78 is 37.0. The maximum absolute atomic E-state index is 10.7. The minimum atomic E-state index is -4.37. The fraction of sp³-hybridized carbons (Fsp3) is 0.333. The quantitative estimate of drug-likeness (QED) is 0.707. The van der Waals surface area contributed by atoms with Crippen molar-refractivity contribution >= 4 is 10.1 Å². The summed E-state index contributed by atoms with van der Waals surface area (Å²) in [6.07, 6.45) is 0. The van der Waals surface area contributed by atoms with Gasteiger partial charge in [0.15, 0.2) is 0 Å². The van der Waals surface area contributed by atoms with E-state index in [0.29, 0.717) is 12.2 Å². The van der Waals surface area contributed by atoms with Gasteiger partial charge in [0.2, 0.25) is 0 Å². The summed E-state index contributed by atoms with van der Waals surface area (Å²) in [5.74, 6) is 0. The predicted octanol–water partition coefficient (Wildman–Crippen LogP) is 1.05. The van der Waals surface area contributed by atoms with Gasteiger partial charge >= 0.3 is 0 Å². The monoisotopic (exact) mass is 215 g/mol. The van der Waals surface area contributed by atoms with Gasteiger partial charge in [-0.1, -0.05) is 6.07 Å². The summed E-state index contributed by atoms with van der Waals surface area (Å²) >= 11 is 0. The third-order valence-corrected chi connectivity index (χ3v) is 2.74. The largest absolute Gasteiger partial charge is 0.744 e. The Bertz CT molecular complexity index is 422. The van der Waals surface area contributed by atoms with E-state index >= 15 is 0 Å². The fourth-order valence-electron chi connectivity index (χ4n) is 1.11. The van der Waals surface area contributed by atoms with E-state index < -0.39 is 10.1 Å². The average molecular weight is 215 g/mol. The zero-order valence-corrected chi connectivity index (χ0v) is 8.80. The van der Waals surface area contributed by atoms with Gasteiger partial charge in [-0.25, -0.2) is 8.42 Å². The highest BCUT2D eigenvalue weighted by Gasteiger charge is 2.04. The van der Waals surface area contributed by atoms with Gasteiger partial charge in [-0.15, -0.1) is 0 Å². The van der Waals surface area contributed by atoms with Crippen LogP contribution in [0.15, 0.2) is 23.1 Å². The van der Waals surface area contributed by atoms with Crippen LogP contribution in [0, 0.1) is 6.92 Å². The second-order valence-corrected chi connectivity index (χ2v) is 4.36. The lowest BCUT2D eigenvalue weighted by Gasteiger charge is -2.10. The Labute approximate surface area is 83.3 Å². The Morgan fingerprint density at radius 3 is 2.57 bits per heavy atom. The topological polar surface area (TPSA) is 66.4 Å². The zero-order valence-electron chi connectivity index (χ0n) is 7.98. The summed E-state index contributed by atoms with van der Waals surface area (Å²) in [4.78, 5) is -0.213. The van der Waals surface area contributed by atoms with E-state index in [0.717, 1.165) is 5.56 Å². The fourth-order valence-corrected chi connectivity index (χ4v) is 1.64. The molecular weight excluding hydrogens is 204 g/mol. The number of rotatable bonds is 3. The van der Waals surface area contributed by atoms with Crippen LogP contribution in [0.5, 0.6) is 0 Å². The molecule has 0 unspecified atom stereocenters. The molecule has 0 aliphatic heterocycles. The van der Waals surface area contributed by atoms with Crippen molar-refractivity contribution in [2.75, 3.05) is 7.11 Å². The molecule has 0 amide bonds. The summed E-state index contributed by atoms with van der Waals surface area (Å²) in [5.41, 5.74) is 1.61. The minimum absolute atomic E-state index is 0.213. The Kier molecular flexibility index (Phi) is 3.25. The molecule has 0 aliphatic carbocycles. The lowest BCUT2D eigenvalue weighted by molar-refractivity contribution is 0.184. The summed E-state index contributed by atoms with van der Waals surface area (Å²) in [6, 6.07) is 4.25. The number of benzene rings is 1. The molecular formula is C9H11O4S-. The van der Waals surface area contributed by atoms with E-state index in [-0.39, 0.29) is 4.90 Å². The first-order valence-electron chi connectivity index (χ1n) is 3.99. The first kappa shape index (κ1) is 11.2. The summed E-state index contributed by atoms with van der Waals surface area (Å²) in [6.45, 7) is 2.13. The highest BCUT2D eigenvalue weighted by atomic mass is 32.2. The highest BCUT2D eigenvalue weighted by Crippen LogP contribution is 2.15. The van der Waals surface area contributed by atoms with Crippen LogP contribution in [0.1, 0.15) is 11.1 Å². The molecule has 0 atom stereocenters. The van der Waals surface area contributed by atoms with Crippen molar-refractivity contribution in [1.29, 1.82) is 0 Å². The lowest BCUT2D eigenvalue weighted by Crippen LogP contribution is -2.01. The van der Waals surface area contributed by atoms with Gasteiger partial charge in [-0.05, 0) is 30.2 Å². The Balaban J connectivity index is 3.20. The zero-order chi connectivity index (χ0) is 10.8. The van der Waals surface area contributed by atoms with Gasteiger partial charge in [-0.3, -0.25) is 0 Å². The van der Waals surface area contributed by atoms with E-state index in [1.165, 1.54) is 19.2 Å². The van der Waals surface area contributed by atoms with Crippen molar-refractivity contribution in [3.63, 3.8) is 0 Å². The Morgan fingerprint density at radius 1 is 1.43 bits per heavy atom. The molecule has 14 heavy (non-hydrogen) atoms. The molecule has 0 heterocycles. The van der Waals surface area contributed by atoms with E-state index in [9.17, 15) is 13.0 Å². The molecule has 5 heteroatoms. The number of ether oxygens (including phenoxy) is 1. The number of methoxy groups -OCH3 is 1. The van der Waals surface area contributed by atoms with Crippen molar-refractivity contribution in [2.24, 2.45) is 0 Å². The standard InChI is InChI=1S/C9H12O4S/c1-7-3-4-9(14(10,11)12)5-8(7)6-13-2/h3-5H,6H2,1-2H3,(H,10,11,12)/p-1. The van der Waals surface area contributed by atoms with Crippen molar-refractivity contribution in [3.05, 3.63) is 29.3 Å². The van der Waals surface area contributed by atoms with Gasteiger partial charge in [0.05, 0.1) is 11.5 Å². The normalized spacial score (nSPS) is 11.6. The number of aryl methyl sites for hydroxylation is 1. The summed E-state index contributed by atoms with van der Waals surface area (Å²) in [7, 11) is -2.85. The minimum Gasteiger partial charge on any atom is -0.744 e. The van der Waals surface area contributed by atoms with Gasteiger partial charge < -0.3 is 9.29 Å². The van der Waals surface area contributed by atoms with Gasteiger partial charge in [0, 0.05) is 7.11 Å². The number of hydrogen-bond donors (Lipinski definition) is 0. The van der Waals surface area contributed by atoms with Crippen LogP contribution in [0.4, 0.5) is 0 Å². The molecule has 0 fully saturated rings. The molecule has 0 saturated heterocycles. The SMILES string of the molecule is COCc1cc(S(=O)(=O)[O-])ccc1C. The molecule has 0 spiro atoms. The van der Waals surface area contributed by atoms with Crippen molar-refractivity contribution < 1.29 is 17.7 Å². The first-order chi connectivity index (χ1) is 6.45. The van der Waals surface area contributed by atoms with Gasteiger partial charge in [0.1, 0.15) is 10.1 Å². The van der Waals surface area contributed by atoms with Crippen molar-refractivity contribution in [1.82, 2.24) is 0 Å². The Morgan fingerprint density at radius 2 is 2.07 bits per heavy atom. The van der Waals surface area contributed by atoms with Crippen LogP contribution >= 0.6 is 0 Å². The lowest BCUT2D eigenvalue weighted by atomic mass is 10.1. The number of hydrogen-bond acceptors (Lipinski definition) is 4. The molecule has 0 bridgehead atoms. The van der Waals surface area contributed by atoms with Gasteiger partial charge in [-0.2, -0.15) is 0 Å². The first-order valence-corrected chi connectivity index (χ1v) is 5.40. The second-order valence-electron chi connectivity index (χ2n) is 2.98. The van der Waals surface area contributed by atoms with Crippen molar-refractivity contribution in [2.45, 2.75) is 18.4 Å². The third kappa shape index (κ3) is 2.54. The van der Waals surface area contributed by atoms with Crippen molar-refractivity contribution in [3.8, 4) is 0 Å². The Hall–Kier alpha value is -0.910. The van der Waals surface area contributed by atoms with Crippen LogP contribution in [0.3, 0.4) is 0 Å².